The van der Waals surface area contributed by atoms with Gasteiger partial charge in [-0.25, -0.2) is 13.2 Å². The third-order valence-corrected chi connectivity index (χ3v) is 6.99. The van der Waals surface area contributed by atoms with Gasteiger partial charge in [0, 0.05) is 16.6 Å². The number of sulfonamides is 1. The molecular formula is C21H17NO5S2. The first-order valence-corrected chi connectivity index (χ1v) is 11.2. The van der Waals surface area contributed by atoms with Gasteiger partial charge in [-0.3, -0.25) is 4.72 Å². The van der Waals surface area contributed by atoms with Crippen molar-refractivity contribution in [3.8, 4) is 11.3 Å². The number of anilines is 1. The lowest BCUT2D eigenvalue weighted by Crippen LogP contribution is -2.11. The van der Waals surface area contributed by atoms with Crippen LogP contribution in [0, 0.1) is 0 Å². The van der Waals surface area contributed by atoms with Gasteiger partial charge in [0.2, 0.25) is 0 Å². The van der Waals surface area contributed by atoms with Crippen LogP contribution < -0.4 is 4.72 Å². The fraction of sp³-hybridized carbons (Fsp3) is 0.0952. The molecule has 2 heterocycles. The monoisotopic (exact) mass is 427 g/mol. The second-order valence-corrected chi connectivity index (χ2v) is 9.00. The summed E-state index contributed by atoms with van der Waals surface area (Å²) >= 11 is 1.13. The lowest BCUT2D eigenvalue weighted by molar-refractivity contribution is 0.0528. The first kappa shape index (κ1) is 19.2. The number of fused-ring (bicyclic) bond motifs is 1. The number of hydrogen-bond donors (Lipinski definition) is 1. The molecule has 4 aromatic rings. The highest BCUT2D eigenvalue weighted by molar-refractivity contribution is 7.94. The van der Waals surface area contributed by atoms with Gasteiger partial charge in [0.1, 0.15) is 21.1 Å². The van der Waals surface area contributed by atoms with Crippen molar-refractivity contribution in [3.05, 3.63) is 71.6 Å². The third-order valence-electron chi connectivity index (χ3n) is 4.22. The van der Waals surface area contributed by atoms with E-state index in [-0.39, 0.29) is 16.4 Å². The van der Waals surface area contributed by atoms with Gasteiger partial charge < -0.3 is 9.15 Å². The highest BCUT2D eigenvalue weighted by Gasteiger charge is 2.24. The third kappa shape index (κ3) is 3.76. The van der Waals surface area contributed by atoms with Gasteiger partial charge in [0.15, 0.2) is 0 Å². The molecule has 8 heteroatoms. The summed E-state index contributed by atoms with van der Waals surface area (Å²) in [5.41, 5.74) is 1.79. The zero-order chi connectivity index (χ0) is 20.4. The average Bonchev–Trinajstić information content (AvgIpc) is 3.37. The number of thiophene rings is 1. The molecular weight excluding hydrogens is 410 g/mol. The van der Waals surface area contributed by atoms with E-state index in [4.69, 9.17) is 9.15 Å². The molecule has 6 nitrogen and oxygen atoms in total. The molecule has 0 unspecified atom stereocenters. The van der Waals surface area contributed by atoms with Gasteiger partial charge in [-0.05, 0) is 36.6 Å². The molecule has 2 aromatic heterocycles. The van der Waals surface area contributed by atoms with Crippen molar-refractivity contribution in [2.45, 2.75) is 11.1 Å². The van der Waals surface area contributed by atoms with Crippen LogP contribution in [0.1, 0.15) is 17.3 Å². The highest BCUT2D eigenvalue weighted by Crippen LogP contribution is 2.36. The van der Waals surface area contributed by atoms with Crippen LogP contribution in [0.2, 0.25) is 0 Å². The largest absolute Gasteiger partial charge is 0.462 e. The summed E-state index contributed by atoms with van der Waals surface area (Å²) in [6.45, 7) is 1.94. The summed E-state index contributed by atoms with van der Waals surface area (Å²) in [7, 11) is -3.71. The Morgan fingerprint density at radius 1 is 1.10 bits per heavy atom. The van der Waals surface area contributed by atoms with Crippen LogP contribution in [0.15, 0.2) is 74.7 Å². The Morgan fingerprint density at radius 2 is 1.90 bits per heavy atom. The first-order valence-electron chi connectivity index (χ1n) is 8.85. The van der Waals surface area contributed by atoms with Crippen molar-refractivity contribution in [2.24, 2.45) is 0 Å². The van der Waals surface area contributed by atoms with Crippen LogP contribution in [0.4, 0.5) is 5.69 Å². The Hall–Kier alpha value is -3.10. The summed E-state index contributed by atoms with van der Waals surface area (Å²) < 4.78 is 39.0. The van der Waals surface area contributed by atoms with Gasteiger partial charge in [-0.1, -0.05) is 36.4 Å². The molecule has 0 saturated heterocycles. The van der Waals surface area contributed by atoms with E-state index in [1.54, 1.807) is 36.6 Å². The number of furan rings is 1. The topological polar surface area (TPSA) is 85.6 Å². The molecule has 0 aliphatic carbocycles. The van der Waals surface area contributed by atoms with E-state index in [2.05, 4.69) is 4.72 Å². The number of benzene rings is 2. The van der Waals surface area contributed by atoms with E-state index < -0.39 is 16.0 Å². The molecule has 148 valence electrons. The molecule has 0 atom stereocenters. The van der Waals surface area contributed by atoms with Crippen LogP contribution >= 0.6 is 11.3 Å². The van der Waals surface area contributed by atoms with Gasteiger partial charge in [-0.15, -0.1) is 11.3 Å². The fourth-order valence-electron chi connectivity index (χ4n) is 2.98. The summed E-state index contributed by atoms with van der Waals surface area (Å²) in [6.07, 6.45) is 0. The molecule has 0 saturated carbocycles. The summed E-state index contributed by atoms with van der Waals surface area (Å²) in [5, 5.41) is 2.17. The predicted octanol–water partition coefficient (Wildman–Crippen LogP) is 5.14. The second kappa shape index (κ2) is 7.73. The Labute approximate surface area is 171 Å². The lowest BCUT2D eigenvalue weighted by atomic mass is 10.1. The minimum Gasteiger partial charge on any atom is -0.462 e. The number of carbonyl (C=O) groups is 1. The number of ether oxygens (including phenoxy) is 1. The molecule has 0 aliphatic rings. The minimum absolute atomic E-state index is 0.209. The van der Waals surface area contributed by atoms with Gasteiger partial charge in [-0.2, -0.15) is 0 Å². The van der Waals surface area contributed by atoms with E-state index in [9.17, 15) is 13.2 Å². The van der Waals surface area contributed by atoms with Gasteiger partial charge in [0.05, 0.1) is 6.61 Å². The SMILES string of the molecule is CCOC(=O)c1c(-c2ccccc2)oc2ccc(NS(=O)(=O)c3cccs3)cc12. The highest BCUT2D eigenvalue weighted by atomic mass is 32.2. The van der Waals surface area contributed by atoms with E-state index in [0.717, 1.165) is 16.9 Å². The van der Waals surface area contributed by atoms with Crippen LogP contribution in [0.25, 0.3) is 22.3 Å². The van der Waals surface area contributed by atoms with Crippen LogP contribution in [0.3, 0.4) is 0 Å². The minimum atomic E-state index is -3.71. The van der Waals surface area contributed by atoms with Gasteiger partial charge in [0.25, 0.3) is 10.0 Å². The Balaban J connectivity index is 1.83. The summed E-state index contributed by atoms with van der Waals surface area (Å²) in [6, 6.07) is 17.2. The van der Waals surface area contributed by atoms with Crippen molar-refractivity contribution < 1.29 is 22.4 Å². The van der Waals surface area contributed by atoms with Crippen molar-refractivity contribution in [1.82, 2.24) is 0 Å². The molecule has 4 rings (SSSR count). The maximum Gasteiger partial charge on any atom is 0.342 e. The Kier molecular flexibility index (Phi) is 5.12. The van der Waals surface area contributed by atoms with E-state index >= 15 is 0 Å². The van der Waals surface area contributed by atoms with Crippen molar-refractivity contribution in [2.75, 3.05) is 11.3 Å². The number of esters is 1. The summed E-state index contributed by atoms with van der Waals surface area (Å²) in [5.74, 6) is -0.138. The smallest absolute Gasteiger partial charge is 0.342 e. The number of carbonyl (C=O) groups excluding carboxylic acids is 1. The molecule has 2 aromatic carbocycles. The molecule has 0 radical (unpaired) electrons. The molecule has 0 bridgehead atoms. The lowest BCUT2D eigenvalue weighted by Gasteiger charge is -2.07. The molecule has 0 spiro atoms. The standard InChI is InChI=1S/C21H17NO5S2/c1-2-26-21(23)19-16-13-15(22-29(24,25)18-9-6-12-28-18)10-11-17(16)27-20(19)14-7-4-3-5-8-14/h3-13,22H,2H2,1H3. The Bertz CT molecular complexity index is 1260. The zero-order valence-corrected chi connectivity index (χ0v) is 17.0. The van der Waals surface area contributed by atoms with Crippen molar-refractivity contribution in [1.29, 1.82) is 0 Å². The number of nitrogens with one attached hydrogen (secondary N) is 1. The van der Waals surface area contributed by atoms with Crippen LogP contribution in [-0.4, -0.2) is 21.0 Å². The summed E-state index contributed by atoms with van der Waals surface area (Å²) in [4.78, 5) is 12.7. The average molecular weight is 428 g/mol. The molecule has 0 amide bonds. The van der Waals surface area contributed by atoms with Crippen molar-refractivity contribution in [3.63, 3.8) is 0 Å². The van der Waals surface area contributed by atoms with E-state index in [1.165, 1.54) is 6.07 Å². The number of hydrogen-bond acceptors (Lipinski definition) is 6. The molecule has 29 heavy (non-hydrogen) atoms. The van der Waals surface area contributed by atoms with E-state index in [0.29, 0.717) is 22.4 Å². The molecule has 0 aliphatic heterocycles. The predicted molar refractivity (Wildman–Crippen MR) is 113 cm³/mol. The fourth-order valence-corrected chi connectivity index (χ4v) is 5.02. The van der Waals surface area contributed by atoms with Crippen LogP contribution in [-0.2, 0) is 14.8 Å². The zero-order valence-electron chi connectivity index (χ0n) is 15.4. The quantitative estimate of drug-likeness (QED) is 0.431. The molecule has 0 fully saturated rings. The second-order valence-electron chi connectivity index (χ2n) is 6.14. The van der Waals surface area contributed by atoms with Crippen LogP contribution in [0.5, 0.6) is 0 Å². The van der Waals surface area contributed by atoms with Crippen molar-refractivity contribution >= 4 is 44.0 Å². The molecule has 1 N–H and O–H groups in total. The van der Waals surface area contributed by atoms with E-state index in [1.807, 2.05) is 30.3 Å². The number of rotatable bonds is 6. The van der Waals surface area contributed by atoms with Gasteiger partial charge >= 0.3 is 5.97 Å². The normalized spacial score (nSPS) is 11.5. The maximum atomic E-state index is 12.7. The maximum absolute atomic E-state index is 12.7. The Morgan fingerprint density at radius 3 is 2.59 bits per heavy atom. The first-order chi connectivity index (χ1) is 14.0.